The van der Waals surface area contributed by atoms with Crippen LogP contribution in [0.2, 0.25) is 0 Å². The van der Waals surface area contributed by atoms with Crippen molar-refractivity contribution >= 4 is 17.4 Å². The van der Waals surface area contributed by atoms with Crippen LogP contribution < -0.4 is 10.6 Å². The van der Waals surface area contributed by atoms with Crippen LogP contribution in [0.1, 0.15) is 41.3 Å². The molecule has 0 radical (unpaired) electrons. The summed E-state index contributed by atoms with van der Waals surface area (Å²) in [6.07, 6.45) is 1.22. The predicted molar refractivity (Wildman–Crippen MR) is 109 cm³/mol. The number of hydrogen-bond donors (Lipinski definition) is 1. The number of amidine groups is 1. The van der Waals surface area contributed by atoms with E-state index in [-0.39, 0.29) is 17.6 Å². The molecule has 0 bridgehead atoms. The van der Waals surface area contributed by atoms with Gasteiger partial charge in [0.2, 0.25) is 0 Å². The van der Waals surface area contributed by atoms with Crippen molar-refractivity contribution in [3.8, 4) is 6.07 Å². The van der Waals surface area contributed by atoms with Crippen molar-refractivity contribution in [1.82, 2.24) is 4.90 Å². The van der Waals surface area contributed by atoms with E-state index in [9.17, 15) is 9.18 Å². The maximum Gasteiger partial charge on any atom is 0.253 e. The monoisotopic (exact) mass is 391 g/mol. The number of carbonyl (C=O) groups excluding carboxylic acids is 1. The van der Waals surface area contributed by atoms with Crippen molar-refractivity contribution in [2.75, 3.05) is 24.5 Å². The highest BCUT2D eigenvalue weighted by molar-refractivity contribution is 6.04. The van der Waals surface area contributed by atoms with Crippen LogP contribution in [0.4, 0.5) is 10.1 Å². The van der Waals surface area contributed by atoms with Crippen LogP contribution >= 0.6 is 0 Å². The minimum atomic E-state index is -0.568. The second-order valence-corrected chi connectivity index (χ2v) is 7.34. The summed E-state index contributed by atoms with van der Waals surface area (Å²) in [4.78, 5) is 21.5. The van der Waals surface area contributed by atoms with Crippen molar-refractivity contribution in [1.29, 1.82) is 5.26 Å². The molecule has 4 rings (SSSR count). The molecule has 2 aromatic carbocycles. The molecular formula is C22H22FN5O. The topological polar surface area (TPSA) is 85.7 Å². The summed E-state index contributed by atoms with van der Waals surface area (Å²) < 4.78 is 14.3. The van der Waals surface area contributed by atoms with E-state index in [0.717, 1.165) is 5.69 Å². The van der Waals surface area contributed by atoms with E-state index in [1.807, 2.05) is 13.0 Å². The molecule has 0 atom stereocenters. The van der Waals surface area contributed by atoms with Gasteiger partial charge in [0.1, 0.15) is 17.3 Å². The fraction of sp³-hybridized carbons (Fsp3) is 0.318. The molecule has 1 spiro atoms. The Morgan fingerprint density at radius 3 is 2.55 bits per heavy atom. The van der Waals surface area contributed by atoms with Gasteiger partial charge in [-0.3, -0.25) is 4.79 Å². The first-order chi connectivity index (χ1) is 14.0. The molecule has 6 nitrogen and oxygen atoms in total. The molecule has 2 heterocycles. The van der Waals surface area contributed by atoms with E-state index in [0.29, 0.717) is 49.2 Å². The highest BCUT2D eigenvalue weighted by atomic mass is 19.1. The highest BCUT2D eigenvalue weighted by Gasteiger charge is 2.44. The van der Waals surface area contributed by atoms with Crippen molar-refractivity contribution in [2.24, 2.45) is 10.7 Å². The number of carbonyl (C=O) groups is 1. The Morgan fingerprint density at radius 1 is 1.24 bits per heavy atom. The van der Waals surface area contributed by atoms with Gasteiger partial charge in [0.25, 0.3) is 5.91 Å². The number of amides is 1. The number of fused-ring (bicyclic) bond motifs is 1. The summed E-state index contributed by atoms with van der Waals surface area (Å²) in [5.74, 6) is -0.216. The fourth-order valence-corrected chi connectivity index (χ4v) is 4.34. The normalized spacial score (nSPS) is 17.5. The third-order valence-electron chi connectivity index (χ3n) is 5.80. The lowest BCUT2D eigenvalue weighted by molar-refractivity contribution is 0.0669. The molecule has 1 saturated heterocycles. The van der Waals surface area contributed by atoms with Crippen LogP contribution in [0.25, 0.3) is 0 Å². The van der Waals surface area contributed by atoms with Crippen molar-refractivity contribution in [3.05, 3.63) is 65.0 Å². The van der Waals surface area contributed by atoms with Crippen LogP contribution in [0.3, 0.4) is 0 Å². The molecule has 2 N–H and O–H groups in total. The summed E-state index contributed by atoms with van der Waals surface area (Å²) in [5.41, 5.74) is 7.79. The number of nitriles is 1. The molecule has 2 aliphatic heterocycles. The number of benzene rings is 2. The Bertz CT molecular complexity index is 1020. The number of likely N-dealkylation sites (tertiary alicyclic amines) is 1. The third kappa shape index (κ3) is 3.11. The van der Waals surface area contributed by atoms with E-state index in [1.54, 1.807) is 35.2 Å². The van der Waals surface area contributed by atoms with Gasteiger partial charge in [-0.1, -0.05) is 6.07 Å². The average Bonchev–Trinajstić information content (AvgIpc) is 2.74. The zero-order valence-electron chi connectivity index (χ0n) is 16.2. The summed E-state index contributed by atoms with van der Waals surface area (Å²) in [7, 11) is 0. The van der Waals surface area contributed by atoms with Crippen LogP contribution in [0.5, 0.6) is 0 Å². The largest absolute Gasteiger partial charge is 0.383 e. The van der Waals surface area contributed by atoms with Crippen LogP contribution in [-0.4, -0.2) is 41.9 Å². The number of piperidine rings is 1. The summed E-state index contributed by atoms with van der Waals surface area (Å²) >= 11 is 0. The summed E-state index contributed by atoms with van der Waals surface area (Å²) in [6.45, 7) is 3.73. The van der Waals surface area contributed by atoms with Crippen LogP contribution in [0.15, 0.2) is 47.5 Å². The van der Waals surface area contributed by atoms with Crippen LogP contribution in [-0.2, 0) is 0 Å². The number of rotatable bonds is 2. The number of aliphatic imine (C=N–C) groups is 1. The van der Waals surface area contributed by atoms with Gasteiger partial charge in [-0.2, -0.15) is 5.26 Å². The van der Waals surface area contributed by atoms with Gasteiger partial charge in [0.15, 0.2) is 0 Å². The number of hydrogen-bond acceptors (Lipinski definition) is 5. The molecule has 0 unspecified atom stereocenters. The van der Waals surface area contributed by atoms with Crippen molar-refractivity contribution < 1.29 is 9.18 Å². The SMILES string of the molecule is CCN1c2cccc(F)c2C(N)=NC12CCN(C(=O)c1ccc(C#N)cc1)CC2. The molecule has 29 heavy (non-hydrogen) atoms. The number of nitrogens with two attached hydrogens (primary N) is 1. The zero-order chi connectivity index (χ0) is 20.6. The molecule has 2 aliphatic rings. The van der Waals surface area contributed by atoms with E-state index >= 15 is 0 Å². The first-order valence-electron chi connectivity index (χ1n) is 9.70. The minimum Gasteiger partial charge on any atom is -0.383 e. The zero-order valence-corrected chi connectivity index (χ0v) is 16.2. The lowest BCUT2D eigenvalue weighted by atomic mass is 9.90. The van der Waals surface area contributed by atoms with E-state index < -0.39 is 5.66 Å². The van der Waals surface area contributed by atoms with E-state index in [2.05, 4.69) is 11.0 Å². The molecule has 148 valence electrons. The van der Waals surface area contributed by atoms with Gasteiger partial charge >= 0.3 is 0 Å². The van der Waals surface area contributed by atoms with Gasteiger partial charge in [-0.15, -0.1) is 0 Å². The molecule has 1 fully saturated rings. The number of halogens is 1. The number of nitrogens with zero attached hydrogens (tertiary/aromatic N) is 4. The van der Waals surface area contributed by atoms with Crippen LogP contribution in [0, 0.1) is 17.1 Å². The Morgan fingerprint density at radius 2 is 1.93 bits per heavy atom. The first-order valence-corrected chi connectivity index (χ1v) is 9.70. The quantitative estimate of drug-likeness (QED) is 0.853. The molecule has 0 aliphatic carbocycles. The molecule has 0 saturated carbocycles. The summed E-state index contributed by atoms with van der Waals surface area (Å²) in [5, 5.41) is 8.92. The Hall–Kier alpha value is -3.40. The van der Waals surface area contributed by atoms with Crippen molar-refractivity contribution in [3.63, 3.8) is 0 Å². The smallest absolute Gasteiger partial charge is 0.253 e. The molecule has 0 aromatic heterocycles. The molecule has 2 aromatic rings. The van der Waals surface area contributed by atoms with Gasteiger partial charge < -0.3 is 15.5 Å². The van der Waals surface area contributed by atoms with E-state index in [1.165, 1.54) is 6.07 Å². The maximum absolute atomic E-state index is 14.3. The number of anilines is 1. The van der Waals surface area contributed by atoms with Gasteiger partial charge in [0, 0.05) is 38.0 Å². The highest BCUT2D eigenvalue weighted by Crippen LogP contribution is 2.40. The van der Waals surface area contributed by atoms with Gasteiger partial charge in [-0.05, 0) is 43.3 Å². The summed E-state index contributed by atoms with van der Waals surface area (Å²) in [6, 6.07) is 13.7. The Kier molecular flexibility index (Phi) is 4.71. The lowest BCUT2D eigenvalue weighted by Gasteiger charge is -2.49. The Labute approximate surface area is 169 Å². The fourth-order valence-electron chi connectivity index (χ4n) is 4.34. The van der Waals surface area contributed by atoms with Crippen molar-refractivity contribution in [2.45, 2.75) is 25.4 Å². The van der Waals surface area contributed by atoms with Gasteiger partial charge in [-0.25, -0.2) is 9.38 Å². The molecule has 1 amide bonds. The maximum atomic E-state index is 14.3. The standard InChI is InChI=1S/C22H22FN5O/c1-2-28-18-5-3-4-17(23)19(18)20(25)26-22(28)10-12-27(13-11-22)21(29)16-8-6-15(14-24)7-9-16/h3-9H,2,10-13H2,1H3,(H2,25,26). The van der Waals surface area contributed by atoms with Gasteiger partial charge in [0.05, 0.1) is 22.9 Å². The average molecular weight is 391 g/mol. The van der Waals surface area contributed by atoms with E-state index in [4.69, 9.17) is 16.0 Å². The first kappa shape index (κ1) is 18.9. The third-order valence-corrected chi connectivity index (χ3v) is 5.80. The second kappa shape index (κ2) is 7.21. The minimum absolute atomic E-state index is 0.0633. The molecular weight excluding hydrogens is 369 g/mol. The predicted octanol–water partition coefficient (Wildman–Crippen LogP) is 2.88. The molecule has 7 heteroatoms. The Balaban J connectivity index is 1.57. The lowest BCUT2D eigenvalue weighted by Crippen LogP contribution is -2.58. The second-order valence-electron chi connectivity index (χ2n) is 7.34.